The maximum atomic E-state index is 13.4. The van der Waals surface area contributed by atoms with Gasteiger partial charge in [0.25, 0.3) is 0 Å². The summed E-state index contributed by atoms with van der Waals surface area (Å²) in [6.07, 6.45) is 2.78. The Hall–Kier alpha value is -2.73. The van der Waals surface area contributed by atoms with Crippen LogP contribution in [0.25, 0.3) is 6.08 Å². The molecule has 23 heavy (non-hydrogen) atoms. The van der Waals surface area contributed by atoms with Gasteiger partial charge in [-0.25, -0.2) is 8.78 Å². The number of carbonyl (C=O) groups is 1. The first-order valence-corrected chi connectivity index (χ1v) is 6.74. The summed E-state index contributed by atoms with van der Waals surface area (Å²) in [6, 6.07) is 9.80. The molecule has 4 nitrogen and oxygen atoms in total. The summed E-state index contributed by atoms with van der Waals surface area (Å²) in [6.45, 7) is 0.150. The molecule has 2 rings (SSSR count). The fourth-order valence-corrected chi connectivity index (χ4v) is 1.74. The quantitative estimate of drug-likeness (QED) is 0.654. The summed E-state index contributed by atoms with van der Waals surface area (Å²) >= 11 is 0. The Morgan fingerprint density at radius 3 is 2.61 bits per heavy atom. The van der Waals surface area contributed by atoms with Gasteiger partial charge in [-0.2, -0.15) is 0 Å². The van der Waals surface area contributed by atoms with Crippen molar-refractivity contribution in [2.45, 2.75) is 0 Å². The molecule has 2 aromatic carbocycles. The second-order valence-electron chi connectivity index (χ2n) is 4.57. The van der Waals surface area contributed by atoms with Gasteiger partial charge in [-0.15, -0.1) is 0 Å². The monoisotopic (exact) mass is 319 g/mol. The smallest absolute Gasteiger partial charge is 0.248 e. The van der Waals surface area contributed by atoms with Crippen LogP contribution in [0.2, 0.25) is 0 Å². The number of methoxy groups -OCH3 is 1. The number of ether oxygens (including phenoxy) is 2. The number of halogens is 2. The van der Waals surface area contributed by atoms with Crippen molar-refractivity contribution in [2.24, 2.45) is 0 Å². The lowest BCUT2D eigenvalue weighted by Gasteiger charge is -2.05. The molecule has 0 heterocycles. The Morgan fingerprint density at radius 1 is 1.17 bits per heavy atom. The maximum absolute atomic E-state index is 13.4. The van der Waals surface area contributed by atoms with E-state index in [4.69, 9.17) is 9.47 Å². The molecule has 120 valence electrons. The van der Waals surface area contributed by atoms with Crippen LogP contribution in [0.4, 0.5) is 14.5 Å². The molecule has 1 amide bonds. The topological polar surface area (TPSA) is 47.6 Å². The summed E-state index contributed by atoms with van der Waals surface area (Å²) < 4.78 is 36.4. The van der Waals surface area contributed by atoms with E-state index in [1.54, 1.807) is 30.3 Å². The average molecular weight is 319 g/mol. The molecule has 0 unspecified atom stereocenters. The minimum absolute atomic E-state index is 0.150. The van der Waals surface area contributed by atoms with Crippen LogP contribution in [0.3, 0.4) is 0 Å². The van der Waals surface area contributed by atoms with Gasteiger partial charge in [-0.3, -0.25) is 4.79 Å². The van der Waals surface area contributed by atoms with E-state index < -0.39 is 17.5 Å². The third-order valence-electron chi connectivity index (χ3n) is 2.84. The molecule has 0 spiro atoms. The van der Waals surface area contributed by atoms with Gasteiger partial charge >= 0.3 is 0 Å². The highest BCUT2D eigenvalue weighted by atomic mass is 19.1. The SMILES string of the molecule is COCOc1ccc(/C=C/C(=O)Nc2cc(F)ccc2F)cc1. The van der Waals surface area contributed by atoms with Crippen molar-refractivity contribution in [3.05, 3.63) is 65.7 Å². The number of nitrogens with one attached hydrogen (secondary N) is 1. The molecule has 0 aliphatic carbocycles. The molecular formula is C17H15F2NO3. The van der Waals surface area contributed by atoms with E-state index in [0.29, 0.717) is 5.75 Å². The summed E-state index contributed by atoms with van der Waals surface area (Å²) in [5.74, 6) is -1.25. The lowest BCUT2D eigenvalue weighted by atomic mass is 10.2. The van der Waals surface area contributed by atoms with Crippen LogP contribution in [0.15, 0.2) is 48.5 Å². The van der Waals surface area contributed by atoms with Crippen molar-refractivity contribution in [1.29, 1.82) is 0 Å². The predicted octanol–water partition coefficient (Wildman–Crippen LogP) is 3.60. The van der Waals surface area contributed by atoms with E-state index in [9.17, 15) is 13.6 Å². The van der Waals surface area contributed by atoms with Crippen LogP contribution in [-0.2, 0) is 9.53 Å². The maximum Gasteiger partial charge on any atom is 0.248 e. The van der Waals surface area contributed by atoms with Crippen molar-refractivity contribution in [1.82, 2.24) is 0 Å². The molecule has 0 aliphatic rings. The van der Waals surface area contributed by atoms with Crippen molar-refractivity contribution >= 4 is 17.7 Å². The molecule has 0 fully saturated rings. The summed E-state index contributed by atoms with van der Waals surface area (Å²) in [5, 5.41) is 2.28. The average Bonchev–Trinajstić information content (AvgIpc) is 2.55. The number of anilines is 1. The summed E-state index contributed by atoms with van der Waals surface area (Å²) in [7, 11) is 1.52. The van der Waals surface area contributed by atoms with Crippen molar-refractivity contribution in [2.75, 3.05) is 19.2 Å². The van der Waals surface area contributed by atoms with Crippen LogP contribution in [0.1, 0.15) is 5.56 Å². The first-order valence-electron chi connectivity index (χ1n) is 6.74. The largest absolute Gasteiger partial charge is 0.468 e. The fraction of sp³-hybridized carbons (Fsp3) is 0.118. The lowest BCUT2D eigenvalue weighted by Crippen LogP contribution is -2.09. The molecule has 1 N–H and O–H groups in total. The molecule has 6 heteroatoms. The second kappa shape index (κ2) is 8.05. The highest BCUT2D eigenvalue weighted by Gasteiger charge is 2.05. The van der Waals surface area contributed by atoms with Gasteiger partial charge in [0, 0.05) is 19.3 Å². The Balaban J connectivity index is 1.96. The number of carbonyl (C=O) groups excluding carboxylic acids is 1. The van der Waals surface area contributed by atoms with E-state index in [1.165, 1.54) is 13.2 Å². The number of hydrogen-bond donors (Lipinski definition) is 1. The third kappa shape index (κ3) is 5.19. The summed E-state index contributed by atoms with van der Waals surface area (Å²) in [4.78, 5) is 11.7. The minimum atomic E-state index is -0.701. The zero-order chi connectivity index (χ0) is 16.7. The van der Waals surface area contributed by atoms with E-state index in [-0.39, 0.29) is 12.5 Å². The Labute approximate surface area is 132 Å². The fourth-order valence-electron chi connectivity index (χ4n) is 1.74. The third-order valence-corrected chi connectivity index (χ3v) is 2.84. The number of hydrogen-bond acceptors (Lipinski definition) is 3. The highest BCUT2D eigenvalue weighted by molar-refractivity contribution is 6.01. The molecule has 2 aromatic rings. The summed E-state index contributed by atoms with van der Waals surface area (Å²) in [5.41, 5.74) is 0.549. The number of amides is 1. The van der Waals surface area contributed by atoms with Crippen LogP contribution in [-0.4, -0.2) is 19.8 Å². The van der Waals surface area contributed by atoms with Gasteiger partial charge in [0.05, 0.1) is 5.69 Å². The minimum Gasteiger partial charge on any atom is -0.468 e. The number of benzene rings is 2. The van der Waals surface area contributed by atoms with Gasteiger partial charge in [0.1, 0.15) is 17.4 Å². The Morgan fingerprint density at radius 2 is 1.91 bits per heavy atom. The van der Waals surface area contributed by atoms with Gasteiger partial charge < -0.3 is 14.8 Å². The van der Waals surface area contributed by atoms with Gasteiger partial charge in [0.15, 0.2) is 6.79 Å². The molecule has 0 aromatic heterocycles. The van der Waals surface area contributed by atoms with Gasteiger partial charge in [0.2, 0.25) is 5.91 Å². The lowest BCUT2D eigenvalue weighted by molar-refractivity contribution is -0.111. The van der Waals surface area contributed by atoms with E-state index in [2.05, 4.69) is 5.32 Å². The first kappa shape index (κ1) is 16.6. The molecule has 0 bridgehead atoms. The second-order valence-corrected chi connectivity index (χ2v) is 4.57. The van der Waals surface area contributed by atoms with E-state index in [1.807, 2.05) is 0 Å². The Bertz CT molecular complexity index is 699. The van der Waals surface area contributed by atoms with Crippen molar-refractivity contribution < 1.29 is 23.0 Å². The van der Waals surface area contributed by atoms with Crippen LogP contribution in [0.5, 0.6) is 5.75 Å². The number of rotatable bonds is 6. The molecule has 0 aliphatic heterocycles. The zero-order valence-electron chi connectivity index (χ0n) is 12.4. The molecule has 0 atom stereocenters. The molecule has 0 saturated carbocycles. The van der Waals surface area contributed by atoms with E-state index >= 15 is 0 Å². The molecule has 0 radical (unpaired) electrons. The Kier molecular flexibility index (Phi) is 5.82. The highest BCUT2D eigenvalue weighted by Crippen LogP contribution is 2.16. The van der Waals surface area contributed by atoms with Crippen LogP contribution in [0, 0.1) is 11.6 Å². The normalized spacial score (nSPS) is 10.7. The molecular weight excluding hydrogens is 304 g/mol. The van der Waals surface area contributed by atoms with E-state index in [0.717, 1.165) is 23.8 Å². The van der Waals surface area contributed by atoms with Crippen molar-refractivity contribution in [3.63, 3.8) is 0 Å². The van der Waals surface area contributed by atoms with Crippen LogP contribution < -0.4 is 10.1 Å². The standard InChI is InChI=1S/C17H15F2NO3/c1-22-11-23-14-6-2-12(3-7-14)4-9-17(21)20-16-10-13(18)5-8-15(16)19/h2-10H,11H2,1H3,(H,20,21)/b9-4+. The van der Waals surface area contributed by atoms with Crippen LogP contribution >= 0.6 is 0 Å². The van der Waals surface area contributed by atoms with Crippen molar-refractivity contribution in [3.8, 4) is 5.75 Å². The first-order chi connectivity index (χ1) is 11.1. The van der Waals surface area contributed by atoms with Gasteiger partial charge in [-0.05, 0) is 35.9 Å². The van der Waals surface area contributed by atoms with Gasteiger partial charge in [-0.1, -0.05) is 12.1 Å². The zero-order valence-corrected chi connectivity index (χ0v) is 12.4. The molecule has 0 saturated heterocycles. The predicted molar refractivity (Wildman–Crippen MR) is 83.0 cm³/mol.